The molecule has 1 rings (SSSR count). The fraction of sp³-hybridized carbons (Fsp3) is 0.538. The molecule has 0 spiro atoms. The molecule has 1 unspecified atom stereocenters. The van der Waals surface area contributed by atoms with E-state index in [1.165, 1.54) is 0 Å². The molecule has 1 aromatic rings. The quantitative estimate of drug-likeness (QED) is 0.854. The van der Waals surface area contributed by atoms with Gasteiger partial charge in [0, 0.05) is 18.8 Å². The maximum absolute atomic E-state index is 11.0. The van der Waals surface area contributed by atoms with E-state index in [0.29, 0.717) is 11.6 Å². The number of nitrogens with zero attached hydrogens (tertiary/aromatic N) is 2. The molecule has 1 aromatic heterocycles. The molecule has 1 atom stereocenters. The smallest absolute Gasteiger partial charge is 0.335 e. The van der Waals surface area contributed by atoms with Gasteiger partial charge in [0.1, 0.15) is 5.82 Å². The zero-order chi connectivity index (χ0) is 13.0. The Hall–Kier alpha value is -1.58. The number of rotatable bonds is 5. The Bertz CT molecular complexity index is 404. The Morgan fingerprint density at radius 1 is 1.53 bits per heavy atom. The highest BCUT2D eigenvalue weighted by Crippen LogP contribution is 2.17. The first-order valence-corrected chi connectivity index (χ1v) is 5.90. The molecule has 0 saturated heterocycles. The second-order valence-corrected chi connectivity index (χ2v) is 4.41. The van der Waals surface area contributed by atoms with Crippen LogP contribution in [-0.4, -0.2) is 29.1 Å². The Morgan fingerprint density at radius 3 is 2.71 bits per heavy atom. The highest BCUT2D eigenvalue weighted by atomic mass is 16.4. The van der Waals surface area contributed by atoms with Crippen molar-refractivity contribution in [3.05, 3.63) is 23.4 Å². The highest BCUT2D eigenvalue weighted by Gasteiger charge is 2.13. The van der Waals surface area contributed by atoms with Crippen molar-refractivity contribution in [2.24, 2.45) is 0 Å². The van der Waals surface area contributed by atoms with Crippen LogP contribution in [-0.2, 0) is 0 Å². The van der Waals surface area contributed by atoms with Gasteiger partial charge in [-0.15, -0.1) is 0 Å². The van der Waals surface area contributed by atoms with Gasteiger partial charge in [-0.05, 0) is 32.4 Å². The molecule has 0 aliphatic carbocycles. The van der Waals surface area contributed by atoms with Gasteiger partial charge >= 0.3 is 5.97 Å². The molecule has 0 amide bonds. The summed E-state index contributed by atoms with van der Waals surface area (Å²) in [5.74, 6) is -0.184. The summed E-state index contributed by atoms with van der Waals surface area (Å²) in [6, 6.07) is 3.57. The van der Waals surface area contributed by atoms with E-state index in [9.17, 15) is 4.79 Å². The molecule has 1 N–H and O–H groups in total. The summed E-state index contributed by atoms with van der Waals surface area (Å²) in [6.07, 6.45) is 2.16. The molecule has 0 aromatic carbocycles. The summed E-state index contributed by atoms with van der Waals surface area (Å²) in [6.45, 7) is 6.07. The van der Waals surface area contributed by atoms with E-state index in [4.69, 9.17) is 5.11 Å². The van der Waals surface area contributed by atoms with E-state index in [2.05, 4.69) is 18.8 Å². The van der Waals surface area contributed by atoms with E-state index in [-0.39, 0.29) is 0 Å². The number of aromatic nitrogens is 1. The Morgan fingerprint density at radius 2 is 2.18 bits per heavy atom. The van der Waals surface area contributed by atoms with Gasteiger partial charge in [0.25, 0.3) is 0 Å². The van der Waals surface area contributed by atoms with Crippen LogP contribution in [0.25, 0.3) is 0 Å². The van der Waals surface area contributed by atoms with Gasteiger partial charge < -0.3 is 10.0 Å². The van der Waals surface area contributed by atoms with Crippen LogP contribution in [0.1, 0.15) is 42.7 Å². The average Bonchev–Trinajstić information content (AvgIpc) is 2.27. The van der Waals surface area contributed by atoms with Crippen LogP contribution in [0.2, 0.25) is 0 Å². The molecule has 0 aliphatic heterocycles. The maximum Gasteiger partial charge on any atom is 0.335 e. The molecule has 0 radical (unpaired) electrons. The molecular formula is C13H20N2O2. The number of anilines is 1. The number of aryl methyl sites for hydroxylation is 1. The molecule has 0 aliphatic rings. The molecule has 0 bridgehead atoms. The SMILES string of the molecule is CCCC(C)N(C)c1cc(C(=O)O)cc(C)n1. The van der Waals surface area contributed by atoms with Crippen molar-refractivity contribution in [3.8, 4) is 0 Å². The van der Waals surface area contributed by atoms with E-state index in [0.717, 1.165) is 24.4 Å². The third kappa shape index (κ3) is 3.44. The van der Waals surface area contributed by atoms with E-state index in [1.54, 1.807) is 12.1 Å². The van der Waals surface area contributed by atoms with Gasteiger partial charge in [-0.1, -0.05) is 13.3 Å². The predicted molar refractivity (Wildman–Crippen MR) is 68.7 cm³/mol. The summed E-state index contributed by atoms with van der Waals surface area (Å²) in [4.78, 5) is 17.4. The number of carboxylic acid groups (broad SMARTS) is 1. The van der Waals surface area contributed by atoms with Crippen LogP contribution in [0.4, 0.5) is 5.82 Å². The lowest BCUT2D eigenvalue weighted by Crippen LogP contribution is -2.29. The first-order chi connectivity index (χ1) is 7.95. The second-order valence-electron chi connectivity index (χ2n) is 4.41. The zero-order valence-electron chi connectivity index (χ0n) is 10.9. The average molecular weight is 236 g/mol. The van der Waals surface area contributed by atoms with Crippen LogP contribution in [0.15, 0.2) is 12.1 Å². The van der Waals surface area contributed by atoms with Gasteiger partial charge in [0.15, 0.2) is 0 Å². The van der Waals surface area contributed by atoms with Crippen molar-refractivity contribution in [2.75, 3.05) is 11.9 Å². The molecule has 0 saturated carbocycles. The first-order valence-electron chi connectivity index (χ1n) is 5.90. The largest absolute Gasteiger partial charge is 0.478 e. The number of hydrogen-bond donors (Lipinski definition) is 1. The van der Waals surface area contributed by atoms with Crippen molar-refractivity contribution in [3.63, 3.8) is 0 Å². The van der Waals surface area contributed by atoms with Crippen LogP contribution in [0, 0.1) is 6.92 Å². The minimum atomic E-state index is -0.909. The lowest BCUT2D eigenvalue weighted by Gasteiger charge is -2.26. The normalized spacial score (nSPS) is 12.2. The van der Waals surface area contributed by atoms with Crippen LogP contribution in [0.3, 0.4) is 0 Å². The number of carbonyl (C=O) groups is 1. The van der Waals surface area contributed by atoms with Crippen molar-refractivity contribution < 1.29 is 9.90 Å². The van der Waals surface area contributed by atoms with Gasteiger partial charge in [0.2, 0.25) is 0 Å². The molecule has 17 heavy (non-hydrogen) atoms. The molecule has 4 heteroatoms. The number of carboxylic acids is 1. The summed E-state index contributed by atoms with van der Waals surface area (Å²) >= 11 is 0. The first kappa shape index (κ1) is 13.5. The van der Waals surface area contributed by atoms with E-state index < -0.39 is 5.97 Å². The summed E-state index contributed by atoms with van der Waals surface area (Å²) in [5.41, 5.74) is 1.03. The highest BCUT2D eigenvalue weighted by molar-refractivity contribution is 5.88. The third-order valence-corrected chi connectivity index (χ3v) is 2.92. The number of aromatic carboxylic acids is 1. The van der Waals surface area contributed by atoms with E-state index >= 15 is 0 Å². The standard InChI is InChI=1S/C13H20N2O2/c1-5-6-10(3)15(4)12-8-11(13(16)17)7-9(2)14-12/h7-8,10H,5-6H2,1-4H3,(H,16,17). The second kappa shape index (κ2) is 5.66. The summed E-state index contributed by atoms with van der Waals surface area (Å²) in [5, 5.41) is 9.01. The summed E-state index contributed by atoms with van der Waals surface area (Å²) in [7, 11) is 1.95. The van der Waals surface area contributed by atoms with Gasteiger partial charge in [0.05, 0.1) is 5.56 Å². The Balaban J connectivity index is 3.01. The van der Waals surface area contributed by atoms with Crippen molar-refractivity contribution in [2.45, 2.75) is 39.7 Å². The fourth-order valence-electron chi connectivity index (χ4n) is 1.79. The molecule has 4 nitrogen and oxygen atoms in total. The molecule has 1 heterocycles. The lowest BCUT2D eigenvalue weighted by molar-refractivity contribution is 0.0696. The topological polar surface area (TPSA) is 53.4 Å². The number of hydrogen-bond acceptors (Lipinski definition) is 3. The van der Waals surface area contributed by atoms with Gasteiger partial charge in [-0.2, -0.15) is 0 Å². The minimum absolute atomic E-state index is 0.294. The molecule has 94 valence electrons. The fourth-order valence-corrected chi connectivity index (χ4v) is 1.79. The van der Waals surface area contributed by atoms with Crippen LogP contribution < -0.4 is 4.90 Å². The van der Waals surface area contributed by atoms with E-state index in [1.807, 2.05) is 18.9 Å². The Kier molecular flexibility index (Phi) is 4.49. The monoisotopic (exact) mass is 236 g/mol. The predicted octanol–water partition coefficient (Wildman–Crippen LogP) is 2.71. The lowest BCUT2D eigenvalue weighted by atomic mass is 10.1. The van der Waals surface area contributed by atoms with Gasteiger partial charge in [-0.3, -0.25) is 0 Å². The van der Waals surface area contributed by atoms with Gasteiger partial charge in [-0.25, -0.2) is 9.78 Å². The number of pyridine rings is 1. The third-order valence-electron chi connectivity index (χ3n) is 2.92. The van der Waals surface area contributed by atoms with Crippen LogP contribution in [0.5, 0.6) is 0 Å². The molecule has 0 fully saturated rings. The summed E-state index contributed by atoms with van der Waals surface area (Å²) < 4.78 is 0. The van der Waals surface area contributed by atoms with Crippen LogP contribution >= 0.6 is 0 Å². The van der Waals surface area contributed by atoms with Crippen molar-refractivity contribution in [1.29, 1.82) is 0 Å². The minimum Gasteiger partial charge on any atom is -0.478 e. The Labute approximate surface area is 102 Å². The maximum atomic E-state index is 11.0. The van der Waals surface area contributed by atoms with Crippen molar-refractivity contribution >= 4 is 11.8 Å². The molecular weight excluding hydrogens is 216 g/mol. The zero-order valence-corrected chi connectivity index (χ0v) is 10.9. The van der Waals surface area contributed by atoms with Crippen molar-refractivity contribution in [1.82, 2.24) is 4.98 Å².